The summed E-state index contributed by atoms with van der Waals surface area (Å²) in [5.41, 5.74) is 2.94. The van der Waals surface area contributed by atoms with E-state index in [-0.39, 0.29) is 11.7 Å². The number of hydrogen-bond donors (Lipinski definition) is 1. The maximum absolute atomic E-state index is 13.0. The minimum absolute atomic E-state index is 0.151. The summed E-state index contributed by atoms with van der Waals surface area (Å²) in [4.78, 5) is 22.4. The minimum atomic E-state index is -0.294. The Hall–Kier alpha value is -3.28. The van der Waals surface area contributed by atoms with Gasteiger partial charge in [-0.15, -0.1) is 0 Å². The van der Waals surface area contributed by atoms with Gasteiger partial charge in [-0.05, 0) is 60.5 Å². The van der Waals surface area contributed by atoms with Gasteiger partial charge in [-0.2, -0.15) is 0 Å². The average molecular weight is 350 g/mol. The van der Waals surface area contributed by atoms with Gasteiger partial charge in [-0.3, -0.25) is 14.8 Å². The largest absolute Gasteiger partial charge is 0.355 e. The molecule has 0 fully saturated rings. The predicted octanol–water partition coefficient (Wildman–Crippen LogP) is 3.67. The second-order valence-electron chi connectivity index (χ2n) is 5.89. The van der Waals surface area contributed by atoms with Gasteiger partial charge < -0.3 is 10.2 Å². The summed E-state index contributed by atoms with van der Waals surface area (Å²) in [7, 11) is 1.76. The van der Waals surface area contributed by atoms with E-state index >= 15 is 0 Å². The Morgan fingerprint density at radius 1 is 1.04 bits per heavy atom. The number of nitrogens with zero attached hydrogens (tertiary/aromatic N) is 3. The third-order valence-corrected chi connectivity index (χ3v) is 3.94. The lowest BCUT2D eigenvalue weighted by Crippen LogP contribution is -2.29. The van der Waals surface area contributed by atoms with Crippen LogP contribution in [0.25, 0.3) is 0 Å². The molecule has 0 saturated carbocycles. The van der Waals surface area contributed by atoms with Gasteiger partial charge in [0.15, 0.2) is 0 Å². The van der Waals surface area contributed by atoms with Gasteiger partial charge in [-0.25, -0.2) is 4.39 Å². The van der Waals surface area contributed by atoms with Crippen LogP contribution in [0.3, 0.4) is 0 Å². The Bertz CT molecular complexity index is 868. The number of rotatable bonds is 6. The van der Waals surface area contributed by atoms with Gasteiger partial charge >= 0.3 is 0 Å². The van der Waals surface area contributed by atoms with Crippen molar-refractivity contribution in [3.8, 4) is 0 Å². The molecule has 2 heterocycles. The molecule has 0 saturated heterocycles. The standard InChI is InChI=1S/C20H19FN4O/c1-25(13-9-15-6-10-22-11-7-15)20(26)19-14-18(8-12-23-19)24-17-4-2-16(21)3-5-17/h2-8,10-12,14H,9,13H2,1H3,(H,23,24). The summed E-state index contributed by atoms with van der Waals surface area (Å²) in [6.45, 7) is 0.583. The first kappa shape index (κ1) is 17.5. The van der Waals surface area contributed by atoms with E-state index in [1.165, 1.54) is 12.1 Å². The zero-order valence-electron chi connectivity index (χ0n) is 14.4. The van der Waals surface area contributed by atoms with Crippen LogP contribution in [-0.4, -0.2) is 34.4 Å². The van der Waals surface area contributed by atoms with E-state index in [9.17, 15) is 9.18 Å². The molecule has 1 N–H and O–H groups in total. The molecule has 0 radical (unpaired) electrons. The molecule has 0 atom stereocenters. The third-order valence-electron chi connectivity index (χ3n) is 3.94. The lowest BCUT2D eigenvalue weighted by molar-refractivity contribution is 0.0791. The van der Waals surface area contributed by atoms with E-state index < -0.39 is 0 Å². The lowest BCUT2D eigenvalue weighted by atomic mass is 10.2. The molecule has 132 valence electrons. The molecule has 0 unspecified atom stereocenters. The number of amides is 1. The van der Waals surface area contributed by atoms with Crippen molar-refractivity contribution >= 4 is 17.3 Å². The molecular weight excluding hydrogens is 331 g/mol. The summed E-state index contributed by atoms with van der Waals surface area (Å²) >= 11 is 0. The normalized spacial score (nSPS) is 10.4. The molecule has 26 heavy (non-hydrogen) atoms. The number of halogens is 1. The summed E-state index contributed by atoms with van der Waals surface area (Å²) in [5.74, 6) is -0.446. The topological polar surface area (TPSA) is 58.1 Å². The number of carbonyl (C=O) groups excluding carboxylic acids is 1. The minimum Gasteiger partial charge on any atom is -0.355 e. The van der Waals surface area contributed by atoms with Crippen molar-refractivity contribution in [2.24, 2.45) is 0 Å². The summed E-state index contributed by atoms with van der Waals surface area (Å²) in [5, 5.41) is 3.14. The molecule has 0 aliphatic heterocycles. The van der Waals surface area contributed by atoms with E-state index in [0.29, 0.717) is 12.2 Å². The molecule has 1 aromatic carbocycles. The highest BCUT2D eigenvalue weighted by molar-refractivity contribution is 5.93. The predicted molar refractivity (Wildman–Crippen MR) is 98.8 cm³/mol. The molecule has 1 amide bonds. The Kier molecular flexibility index (Phi) is 5.53. The zero-order valence-corrected chi connectivity index (χ0v) is 14.4. The van der Waals surface area contributed by atoms with Crippen molar-refractivity contribution in [3.05, 3.63) is 84.2 Å². The second-order valence-corrected chi connectivity index (χ2v) is 5.89. The number of hydrogen-bond acceptors (Lipinski definition) is 4. The maximum Gasteiger partial charge on any atom is 0.272 e. The number of pyridine rings is 2. The molecular formula is C20H19FN4O. The molecule has 0 spiro atoms. The molecule has 5 nitrogen and oxygen atoms in total. The first-order chi connectivity index (χ1) is 12.6. The van der Waals surface area contributed by atoms with Crippen LogP contribution in [0.1, 0.15) is 16.1 Å². The van der Waals surface area contributed by atoms with Crippen molar-refractivity contribution in [2.75, 3.05) is 18.9 Å². The molecule has 0 aliphatic rings. The van der Waals surface area contributed by atoms with Gasteiger partial charge in [0.2, 0.25) is 0 Å². The molecule has 0 aliphatic carbocycles. The highest BCUT2D eigenvalue weighted by atomic mass is 19.1. The van der Waals surface area contributed by atoms with Crippen LogP contribution >= 0.6 is 0 Å². The molecule has 2 aromatic heterocycles. The van der Waals surface area contributed by atoms with Gasteiger partial charge in [0.05, 0.1) is 0 Å². The van der Waals surface area contributed by atoms with Crippen LogP contribution in [0.4, 0.5) is 15.8 Å². The number of nitrogens with one attached hydrogen (secondary N) is 1. The molecule has 3 rings (SSSR count). The van der Waals surface area contributed by atoms with Gasteiger partial charge in [0.1, 0.15) is 11.5 Å². The summed E-state index contributed by atoms with van der Waals surface area (Å²) < 4.78 is 13.0. The first-order valence-corrected chi connectivity index (χ1v) is 8.25. The number of anilines is 2. The quantitative estimate of drug-likeness (QED) is 0.737. The maximum atomic E-state index is 13.0. The van der Waals surface area contributed by atoms with Crippen molar-refractivity contribution in [1.82, 2.24) is 14.9 Å². The van der Waals surface area contributed by atoms with Crippen LogP contribution in [0.15, 0.2) is 67.1 Å². The van der Waals surface area contributed by atoms with Crippen molar-refractivity contribution in [1.29, 1.82) is 0 Å². The first-order valence-electron chi connectivity index (χ1n) is 8.25. The van der Waals surface area contributed by atoms with Crippen LogP contribution in [0, 0.1) is 5.82 Å². The van der Waals surface area contributed by atoms with E-state index in [1.807, 2.05) is 12.1 Å². The van der Waals surface area contributed by atoms with Crippen LogP contribution in [-0.2, 0) is 6.42 Å². The SMILES string of the molecule is CN(CCc1ccncc1)C(=O)c1cc(Nc2ccc(F)cc2)ccn1. The summed E-state index contributed by atoms with van der Waals surface area (Å²) in [6, 6.07) is 13.3. The van der Waals surface area contributed by atoms with Crippen molar-refractivity contribution in [2.45, 2.75) is 6.42 Å². The van der Waals surface area contributed by atoms with Gasteiger partial charge in [0, 0.05) is 43.6 Å². The molecule has 6 heteroatoms. The van der Waals surface area contributed by atoms with Crippen LogP contribution in [0.5, 0.6) is 0 Å². The highest BCUT2D eigenvalue weighted by Crippen LogP contribution is 2.17. The van der Waals surface area contributed by atoms with Gasteiger partial charge in [-0.1, -0.05) is 0 Å². The Balaban J connectivity index is 1.64. The van der Waals surface area contributed by atoms with E-state index in [2.05, 4.69) is 15.3 Å². The second kappa shape index (κ2) is 8.20. The van der Waals surface area contributed by atoms with E-state index in [0.717, 1.165) is 23.4 Å². The average Bonchev–Trinajstić information content (AvgIpc) is 2.68. The fourth-order valence-corrected chi connectivity index (χ4v) is 2.47. The van der Waals surface area contributed by atoms with E-state index in [4.69, 9.17) is 0 Å². The smallest absolute Gasteiger partial charge is 0.272 e. The zero-order chi connectivity index (χ0) is 18.4. The van der Waals surface area contributed by atoms with Gasteiger partial charge in [0.25, 0.3) is 5.91 Å². The Labute approximate surface area is 151 Å². The lowest BCUT2D eigenvalue weighted by Gasteiger charge is -2.17. The monoisotopic (exact) mass is 350 g/mol. The Morgan fingerprint density at radius 3 is 2.50 bits per heavy atom. The number of aromatic nitrogens is 2. The fourth-order valence-electron chi connectivity index (χ4n) is 2.47. The van der Waals surface area contributed by atoms with Crippen LogP contribution in [0.2, 0.25) is 0 Å². The van der Waals surface area contributed by atoms with E-state index in [1.54, 1.807) is 54.8 Å². The van der Waals surface area contributed by atoms with Crippen molar-refractivity contribution < 1.29 is 9.18 Å². The highest BCUT2D eigenvalue weighted by Gasteiger charge is 2.13. The number of benzene rings is 1. The van der Waals surface area contributed by atoms with Crippen LogP contribution < -0.4 is 5.32 Å². The fraction of sp³-hybridized carbons (Fsp3) is 0.150. The summed E-state index contributed by atoms with van der Waals surface area (Å²) in [6.07, 6.45) is 5.81. The third kappa shape index (κ3) is 4.63. The molecule has 0 bridgehead atoms. The number of likely N-dealkylation sites (N-methyl/N-ethyl adjacent to an activating group) is 1. The van der Waals surface area contributed by atoms with Crippen molar-refractivity contribution in [3.63, 3.8) is 0 Å². The Morgan fingerprint density at radius 2 is 1.77 bits per heavy atom. The number of carbonyl (C=O) groups is 1. The molecule has 3 aromatic rings.